The van der Waals surface area contributed by atoms with Gasteiger partial charge in [-0.05, 0) is 42.3 Å². The van der Waals surface area contributed by atoms with Crippen molar-refractivity contribution in [2.45, 2.75) is 44.9 Å². The van der Waals surface area contributed by atoms with E-state index in [4.69, 9.17) is 0 Å². The minimum atomic E-state index is 0.378. The second kappa shape index (κ2) is 6.67. The van der Waals surface area contributed by atoms with Crippen molar-refractivity contribution in [2.24, 2.45) is 0 Å². The molecule has 0 fully saturated rings. The Morgan fingerprint density at radius 2 is 2.19 bits per heavy atom. The molecule has 1 nitrogen and oxygen atoms in total. The van der Waals surface area contributed by atoms with Crippen LogP contribution in [0.1, 0.15) is 33.3 Å². The molecule has 1 heterocycles. The molecule has 16 heavy (non-hydrogen) atoms. The lowest BCUT2D eigenvalue weighted by Gasteiger charge is -2.21. The van der Waals surface area contributed by atoms with E-state index in [1.54, 1.807) is 11.3 Å². The number of thioether (sulfide) groups is 1. The molecule has 1 atom stereocenters. The molecule has 1 unspecified atom stereocenters. The van der Waals surface area contributed by atoms with E-state index in [2.05, 4.69) is 49.8 Å². The Bertz CT molecular complexity index is 275. The van der Waals surface area contributed by atoms with E-state index in [0.29, 0.717) is 10.8 Å². The smallest absolute Gasteiger partial charge is 0.0130 e. The molecule has 0 bridgehead atoms. The van der Waals surface area contributed by atoms with E-state index < -0.39 is 0 Å². The maximum absolute atomic E-state index is 3.58. The lowest BCUT2D eigenvalue weighted by atomic mass is 10.2. The summed E-state index contributed by atoms with van der Waals surface area (Å²) in [6, 6.07) is 2.81. The van der Waals surface area contributed by atoms with Gasteiger partial charge in [-0.25, -0.2) is 0 Å². The van der Waals surface area contributed by atoms with Crippen LogP contribution in [0.4, 0.5) is 0 Å². The van der Waals surface area contributed by atoms with E-state index in [9.17, 15) is 0 Å². The van der Waals surface area contributed by atoms with Crippen LogP contribution in [-0.4, -0.2) is 23.1 Å². The topological polar surface area (TPSA) is 12.0 Å². The van der Waals surface area contributed by atoms with Crippen LogP contribution in [0, 0.1) is 0 Å². The van der Waals surface area contributed by atoms with E-state index in [1.807, 2.05) is 11.8 Å². The summed E-state index contributed by atoms with van der Waals surface area (Å²) in [4.78, 5) is 0. The summed E-state index contributed by atoms with van der Waals surface area (Å²) in [6.07, 6.45) is 1.15. The second-order valence-corrected chi connectivity index (χ2v) is 7.79. The Labute approximate surface area is 108 Å². The molecule has 1 N–H and O–H groups in total. The zero-order valence-corrected chi connectivity index (χ0v) is 12.4. The SMILES string of the molecule is CC(CSC(C)(C)C)NCCc1ccsc1. The minimum absolute atomic E-state index is 0.378. The lowest BCUT2D eigenvalue weighted by molar-refractivity contribution is 0.595. The van der Waals surface area contributed by atoms with Crippen molar-refractivity contribution in [1.29, 1.82) is 0 Å². The Balaban J connectivity index is 2.09. The van der Waals surface area contributed by atoms with Crippen LogP contribution in [0.3, 0.4) is 0 Å². The van der Waals surface area contributed by atoms with E-state index >= 15 is 0 Å². The molecule has 0 spiro atoms. The summed E-state index contributed by atoms with van der Waals surface area (Å²) in [5.41, 5.74) is 1.45. The number of thiophene rings is 1. The summed E-state index contributed by atoms with van der Waals surface area (Å²) in [5, 5.41) is 7.96. The molecule has 0 aliphatic rings. The highest BCUT2D eigenvalue weighted by atomic mass is 32.2. The van der Waals surface area contributed by atoms with Gasteiger partial charge in [-0.15, -0.1) is 0 Å². The monoisotopic (exact) mass is 257 g/mol. The second-order valence-electron chi connectivity index (χ2n) is 5.16. The lowest BCUT2D eigenvalue weighted by Crippen LogP contribution is -2.31. The Morgan fingerprint density at radius 3 is 2.75 bits per heavy atom. The number of hydrogen-bond donors (Lipinski definition) is 1. The fourth-order valence-corrected chi connectivity index (χ4v) is 2.90. The molecule has 1 aromatic heterocycles. The highest BCUT2D eigenvalue weighted by Gasteiger charge is 2.12. The van der Waals surface area contributed by atoms with Crippen molar-refractivity contribution in [3.8, 4) is 0 Å². The maximum atomic E-state index is 3.58. The van der Waals surface area contributed by atoms with E-state index in [-0.39, 0.29) is 0 Å². The van der Waals surface area contributed by atoms with Gasteiger partial charge >= 0.3 is 0 Å². The maximum Gasteiger partial charge on any atom is 0.0130 e. The van der Waals surface area contributed by atoms with Crippen molar-refractivity contribution in [1.82, 2.24) is 5.32 Å². The molecule has 0 amide bonds. The molecule has 0 radical (unpaired) electrons. The molecule has 0 aliphatic carbocycles. The van der Waals surface area contributed by atoms with Gasteiger partial charge in [0.1, 0.15) is 0 Å². The molecule has 1 aromatic rings. The molecule has 3 heteroatoms. The standard InChI is InChI=1S/C13H23NS2/c1-11(9-16-13(2,3)4)14-7-5-12-6-8-15-10-12/h6,8,10-11,14H,5,7,9H2,1-4H3. The van der Waals surface area contributed by atoms with Crippen molar-refractivity contribution < 1.29 is 0 Å². The summed E-state index contributed by atoms with van der Waals surface area (Å²) in [5.74, 6) is 1.19. The van der Waals surface area contributed by atoms with Crippen molar-refractivity contribution in [3.05, 3.63) is 22.4 Å². The van der Waals surface area contributed by atoms with Gasteiger partial charge in [0.2, 0.25) is 0 Å². The number of hydrogen-bond acceptors (Lipinski definition) is 3. The predicted octanol–water partition coefficient (Wildman–Crippen LogP) is 3.80. The van der Waals surface area contributed by atoms with Crippen molar-refractivity contribution in [3.63, 3.8) is 0 Å². The average Bonchev–Trinajstić information content (AvgIpc) is 2.66. The first kappa shape index (κ1) is 14.1. The van der Waals surface area contributed by atoms with Gasteiger partial charge in [0.05, 0.1) is 0 Å². The third-order valence-corrected chi connectivity index (χ3v) is 4.52. The summed E-state index contributed by atoms with van der Waals surface area (Å²) >= 11 is 3.81. The van der Waals surface area contributed by atoms with Crippen molar-refractivity contribution >= 4 is 23.1 Å². The molecular weight excluding hydrogens is 234 g/mol. The summed E-state index contributed by atoms with van der Waals surface area (Å²) in [6.45, 7) is 10.2. The first-order valence-electron chi connectivity index (χ1n) is 5.86. The highest BCUT2D eigenvalue weighted by Crippen LogP contribution is 2.23. The average molecular weight is 257 g/mol. The largest absolute Gasteiger partial charge is 0.313 e. The van der Waals surface area contributed by atoms with Gasteiger partial charge in [-0.2, -0.15) is 23.1 Å². The normalized spacial score (nSPS) is 14.0. The predicted molar refractivity (Wildman–Crippen MR) is 77.7 cm³/mol. The van der Waals surface area contributed by atoms with E-state index in [1.165, 1.54) is 11.3 Å². The van der Waals surface area contributed by atoms with Gasteiger partial charge in [0, 0.05) is 16.5 Å². The zero-order chi connectivity index (χ0) is 12.0. The summed E-state index contributed by atoms with van der Waals surface area (Å²) < 4.78 is 0.378. The van der Waals surface area contributed by atoms with Gasteiger partial charge in [0.15, 0.2) is 0 Å². The van der Waals surface area contributed by atoms with Crippen LogP contribution in [-0.2, 0) is 6.42 Å². The first-order chi connectivity index (χ1) is 7.47. The molecule has 0 saturated carbocycles. The molecule has 1 rings (SSSR count). The van der Waals surface area contributed by atoms with Gasteiger partial charge in [-0.1, -0.05) is 20.8 Å². The molecular formula is C13H23NS2. The Morgan fingerprint density at radius 1 is 1.44 bits per heavy atom. The number of nitrogens with one attached hydrogen (secondary N) is 1. The van der Waals surface area contributed by atoms with Crippen LogP contribution < -0.4 is 5.32 Å². The molecule has 0 saturated heterocycles. The third kappa shape index (κ3) is 6.56. The van der Waals surface area contributed by atoms with Crippen LogP contribution in [0.5, 0.6) is 0 Å². The summed E-state index contributed by atoms with van der Waals surface area (Å²) in [7, 11) is 0. The van der Waals surface area contributed by atoms with Crippen molar-refractivity contribution in [2.75, 3.05) is 12.3 Å². The molecule has 92 valence electrons. The van der Waals surface area contributed by atoms with E-state index in [0.717, 1.165) is 13.0 Å². The Hall–Kier alpha value is 0.01000. The quantitative estimate of drug-likeness (QED) is 0.832. The zero-order valence-electron chi connectivity index (χ0n) is 10.7. The fourth-order valence-electron chi connectivity index (χ4n) is 1.33. The molecule has 0 aliphatic heterocycles. The van der Waals surface area contributed by atoms with Crippen LogP contribution in [0.2, 0.25) is 0 Å². The fraction of sp³-hybridized carbons (Fsp3) is 0.692. The Kier molecular flexibility index (Phi) is 5.87. The molecule has 0 aromatic carbocycles. The highest BCUT2D eigenvalue weighted by molar-refractivity contribution is 8.00. The third-order valence-electron chi connectivity index (χ3n) is 2.25. The minimum Gasteiger partial charge on any atom is -0.313 e. The van der Waals surface area contributed by atoms with Gasteiger partial charge in [-0.3, -0.25) is 0 Å². The van der Waals surface area contributed by atoms with Crippen LogP contribution in [0.25, 0.3) is 0 Å². The number of rotatable bonds is 6. The van der Waals surface area contributed by atoms with Crippen LogP contribution >= 0.6 is 23.1 Å². The van der Waals surface area contributed by atoms with Gasteiger partial charge in [0.25, 0.3) is 0 Å². The van der Waals surface area contributed by atoms with Crippen LogP contribution in [0.15, 0.2) is 16.8 Å². The first-order valence-corrected chi connectivity index (χ1v) is 7.78. The van der Waals surface area contributed by atoms with Gasteiger partial charge < -0.3 is 5.32 Å².